The van der Waals surface area contributed by atoms with Gasteiger partial charge < -0.3 is 4.90 Å². The molecular weight excluding hydrogens is 333 g/mol. The number of nitrogens with zero attached hydrogens (tertiary/aromatic N) is 1. The molecule has 1 aliphatic heterocycles. The van der Waals surface area contributed by atoms with Crippen LogP contribution in [0, 0.1) is 0 Å². The first-order chi connectivity index (χ1) is 9.96. The molecule has 0 saturated carbocycles. The minimum Gasteiger partial charge on any atom is -0.306 e. The molecular formula is C12H10F5NO3S. The van der Waals surface area contributed by atoms with Crippen LogP contribution in [-0.4, -0.2) is 38.7 Å². The number of para-hydroxylation sites is 1. The van der Waals surface area contributed by atoms with Crippen LogP contribution < -0.4 is 4.90 Å². The summed E-state index contributed by atoms with van der Waals surface area (Å²) in [7, 11) is -3.70. The molecule has 122 valence electrons. The number of benzene rings is 1. The van der Waals surface area contributed by atoms with Gasteiger partial charge in [-0.1, -0.05) is 18.2 Å². The highest BCUT2D eigenvalue weighted by Crippen LogP contribution is 2.39. The van der Waals surface area contributed by atoms with E-state index in [-0.39, 0.29) is 16.2 Å². The number of carbonyl (C=O) groups excluding carboxylic acids is 1. The van der Waals surface area contributed by atoms with Gasteiger partial charge in [-0.25, -0.2) is 8.42 Å². The molecule has 0 radical (unpaired) electrons. The van der Waals surface area contributed by atoms with Crippen LogP contribution in [0.15, 0.2) is 24.3 Å². The summed E-state index contributed by atoms with van der Waals surface area (Å²) in [6.45, 7) is -0.760. The SMILES string of the molecule is O=C(N1CCS(=O)(=O)Cc2ccccc21)C(F)(F)C(F)(F)F. The lowest BCUT2D eigenvalue weighted by Crippen LogP contribution is -2.53. The first-order valence-electron chi connectivity index (χ1n) is 6.00. The summed E-state index contributed by atoms with van der Waals surface area (Å²) in [6, 6.07) is 5.14. The van der Waals surface area contributed by atoms with Crippen molar-refractivity contribution in [2.24, 2.45) is 0 Å². The van der Waals surface area contributed by atoms with Gasteiger partial charge in [0.25, 0.3) is 0 Å². The number of alkyl halides is 5. The summed E-state index contributed by atoms with van der Waals surface area (Å²) in [4.78, 5) is 11.8. The van der Waals surface area contributed by atoms with Crippen LogP contribution in [0.2, 0.25) is 0 Å². The number of hydrogen-bond acceptors (Lipinski definition) is 3. The Morgan fingerprint density at radius 1 is 1.09 bits per heavy atom. The van der Waals surface area contributed by atoms with Crippen LogP contribution in [0.1, 0.15) is 5.56 Å². The maximum atomic E-state index is 13.3. The predicted molar refractivity (Wildman–Crippen MR) is 67.3 cm³/mol. The number of sulfone groups is 1. The Balaban J connectivity index is 2.51. The van der Waals surface area contributed by atoms with E-state index in [1.807, 2.05) is 0 Å². The van der Waals surface area contributed by atoms with Gasteiger partial charge in [0, 0.05) is 12.2 Å². The van der Waals surface area contributed by atoms with E-state index in [1.54, 1.807) is 0 Å². The van der Waals surface area contributed by atoms with Gasteiger partial charge in [-0.15, -0.1) is 0 Å². The number of hydrogen-bond donors (Lipinski definition) is 0. The second kappa shape index (κ2) is 5.18. The van der Waals surface area contributed by atoms with Crippen molar-refractivity contribution < 1.29 is 35.2 Å². The zero-order chi connectivity index (χ0) is 16.8. The van der Waals surface area contributed by atoms with Crippen molar-refractivity contribution in [1.29, 1.82) is 0 Å². The van der Waals surface area contributed by atoms with Crippen LogP contribution in [0.3, 0.4) is 0 Å². The van der Waals surface area contributed by atoms with E-state index in [4.69, 9.17) is 0 Å². The summed E-state index contributed by atoms with van der Waals surface area (Å²) >= 11 is 0. The van der Waals surface area contributed by atoms with Crippen molar-refractivity contribution >= 4 is 21.4 Å². The number of rotatable bonds is 1. The van der Waals surface area contributed by atoms with Gasteiger partial charge in [-0.3, -0.25) is 4.79 Å². The number of fused-ring (bicyclic) bond motifs is 1. The first-order valence-corrected chi connectivity index (χ1v) is 7.83. The molecule has 0 N–H and O–H groups in total. The van der Waals surface area contributed by atoms with Crippen LogP contribution in [0.5, 0.6) is 0 Å². The smallest absolute Gasteiger partial charge is 0.306 e. The van der Waals surface area contributed by atoms with Crippen molar-refractivity contribution in [2.45, 2.75) is 17.9 Å². The predicted octanol–water partition coefficient (Wildman–Crippen LogP) is 2.15. The topological polar surface area (TPSA) is 54.5 Å². The van der Waals surface area contributed by atoms with E-state index in [2.05, 4.69) is 0 Å². The third-order valence-electron chi connectivity index (χ3n) is 3.15. The van der Waals surface area contributed by atoms with Gasteiger partial charge in [-0.05, 0) is 11.6 Å². The normalized spacial score (nSPS) is 18.5. The molecule has 2 rings (SSSR count). The fraction of sp³-hybridized carbons (Fsp3) is 0.417. The quantitative estimate of drug-likeness (QED) is 0.734. The lowest BCUT2D eigenvalue weighted by atomic mass is 10.1. The molecule has 1 aromatic rings. The Hall–Kier alpha value is -1.71. The largest absolute Gasteiger partial charge is 0.463 e. The van der Waals surface area contributed by atoms with Gasteiger partial charge >= 0.3 is 18.0 Å². The zero-order valence-electron chi connectivity index (χ0n) is 10.9. The third kappa shape index (κ3) is 2.92. The highest BCUT2D eigenvalue weighted by atomic mass is 32.2. The van der Waals surface area contributed by atoms with E-state index < -0.39 is 45.9 Å². The highest BCUT2D eigenvalue weighted by Gasteiger charge is 2.65. The Morgan fingerprint density at radius 3 is 2.27 bits per heavy atom. The molecule has 4 nitrogen and oxygen atoms in total. The molecule has 0 bridgehead atoms. The Morgan fingerprint density at radius 2 is 1.68 bits per heavy atom. The molecule has 0 aromatic heterocycles. The second-order valence-electron chi connectivity index (χ2n) is 4.75. The second-order valence-corrected chi connectivity index (χ2v) is 6.93. The monoisotopic (exact) mass is 343 g/mol. The Bertz CT molecular complexity index is 699. The standard InChI is InChI=1S/C12H10F5NO3S/c13-11(14,12(15,16)17)10(19)18-5-6-22(20,21)7-8-3-1-2-4-9(8)18/h1-4H,5-7H2. The maximum absolute atomic E-state index is 13.3. The van der Waals surface area contributed by atoms with E-state index >= 15 is 0 Å². The molecule has 1 amide bonds. The average molecular weight is 343 g/mol. The minimum atomic E-state index is -6.05. The molecule has 0 aliphatic carbocycles. The molecule has 22 heavy (non-hydrogen) atoms. The minimum absolute atomic E-state index is 0.00586. The number of anilines is 1. The molecule has 0 saturated heterocycles. The number of amides is 1. The maximum Gasteiger partial charge on any atom is 0.463 e. The van der Waals surface area contributed by atoms with Gasteiger partial charge in [0.05, 0.1) is 11.5 Å². The molecule has 0 unspecified atom stereocenters. The van der Waals surface area contributed by atoms with Crippen LogP contribution in [-0.2, 0) is 20.4 Å². The van der Waals surface area contributed by atoms with Gasteiger partial charge in [-0.2, -0.15) is 22.0 Å². The first kappa shape index (κ1) is 16.7. The average Bonchev–Trinajstić information content (AvgIpc) is 2.51. The summed E-state index contributed by atoms with van der Waals surface area (Å²) in [5.74, 6) is -9.29. The number of halogens is 5. The lowest BCUT2D eigenvalue weighted by molar-refractivity contribution is -0.268. The molecule has 0 fully saturated rings. The van der Waals surface area contributed by atoms with Crippen molar-refractivity contribution in [2.75, 3.05) is 17.2 Å². The van der Waals surface area contributed by atoms with Crippen LogP contribution in [0.4, 0.5) is 27.6 Å². The van der Waals surface area contributed by atoms with Crippen LogP contribution in [0.25, 0.3) is 0 Å². The molecule has 0 spiro atoms. The van der Waals surface area contributed by atoms with E-state index in [9.17, 15) is 35.2 Å². The fourth-order valence-electron chi connectivity index (χ4n) is 2.06. The van der Waals surface area contributed by atoms with Crippen molar-refractivity contribution in [3.8, 4) is 0 Å². The molecule has 10 heteroatoms. The summed E-state index contributed by atoms with van der Waals surface area (Å²) in [5.41, 5.74) is -0.246. The fourth-order valence-corrected chi connectivity index (χ4v) is 3.38. The zero-order valence-corrected chi connectivity index (χ0v) is 11.7. The van der Waals surface area contributed by atoms with Crippen LogP contribution >= 0.6 is 0 Å². The van der Waals surface area contributed by atoms with Gasteiger partial charge in [0.2, 0.25) is 0 Å². The van der Waals surface area contributed by atoms with E-state index in [0.717, 1.165) is 6.07 Å². The van der Waals surface area contributed by atoms with Gasteiger partial charge in [0.1, 0.15) is 0 Å². The molecule has 1 heterocycles. The van der Waals surface area contributed by atoms with Crippen molar-refractivity contribution in [1.82, 2.24) is 0 Å². The number of carbonyl (C=O) groups is 1. The summed E-state index contributed by atoms with van der Waals surface area (Å²) in [5, 5.41) is 0. The lowest BCUT2D eigenvalue weighted by Gasteiger charge is -2.27. The van der Waals surface area contributed by atoms with E-state index in [0.29, 0.717) is 0 Å². The van der Waals surface area contributed by atoms with Crippen molar-refractivity contribution in [3.63, 3.8) is 0 Å². The van der Waals surface area contributed by atoms with Crippen molar-refractivity contribution in [3.05, 3.63) is 29.8 Å². The molecule has 1 aromatic carbocycles. The summed E-state index contributed by atoms with van der Waals surface area (Å²) in [6.07, 6.45) is -6.05. The van der Waals surface area contributed by atoms with Gasteiger partial charge in [0.15, 0.2) is 9.84 Å². The Kier molecular flexibility index (Phi) is 3.92. The Labute approximate surface area is 122 Å². The molecule has 1 aliphatic rings. The third-order valence-corrected chi connectivity index (χ3v) is 4.71. The van der Waals surface area contributed by atoms with E-state index in [1.165, 1.54) is 18.2 Å². The highest BCUT2D eigenvalue weighted by molar-refractivity contribution is 7.90. The summed E-state index contributed by atoms with van der Waals surface area (Å²) < 4.78 is 87.0. The molecule has 0 atom stereocenters.